The highest BCUT2D eigenvalue weighted by molar-refractivity contribution is 7.90. The highest BCUT2D eigenvalue weighted by Crippen LogP contribution is 2.46. The van der Waals surface area contributed by atoms with Gasteiger partial charge in [-0.15, -0.1) is 0 Å². The summed E-state index contributed by atoms with van der Waals surface area (Å²) in [6.45, 7) is 0. The van der Waals surface area contributed by atoms with Crippen LogP contribution in [0.1, 0.15) is 31.4 Å². The van der Waals surface area contributed by atoms with E-state index in [-0.39, 0.29) is 17.0 Å². The van der Waals surface area contributed by atoms with Crippen molar-refractivity contribution in [3.8, 4) is 0 Å². The summed E-state index contributed by atoms with van der Waals surface area (Å²) in [5, 5.41) is 12.6. The lowest BCUT2D eigenvalue weighted by molar-refractivity contribution is -0.0526. The molecule has 0 radical (unpaired) electrons. The van der Waals surface area contributed by atoms with E-state index in [1.54, 1.807) is 30.3 Å². The van der Waals surface area contributed by atoms with Gasteiger partial charge in [-0.3, -0.25) is 0 Å². The summed E-state index contributed by atoms with van der Waals surface area (Å²) in [6.07, 6.45) is 3.21. The predicted octanol–water partition coefficient (Wildman–Crippen LogP) is 3.32. The van der Waals surface area contributed by atoms with Gasteiger partial charge in [0.25, 0.3) is 10.0 Å². The van der Waals surface area contributed by atoms with E-state index in [0.29, 0.717) is 24.1 Å². The fourth-order valence-electron chi connectivity index (χ4n) is 5.06. The Balaban J connectivity index is 1.74. The number of aliphatic hydroxyl groups is 1. The average molecular weight is 397 g/mol. The molecular weight excluding hydrogens is 372 g/mol. The number of aromatic nitrogens is 1. The SMILES string of the molecule is CN1C2CCC1CC(O)(c1cc3ccccc3n1S(=O)(=O)c1ccccc1)C2. The molecule has 2 aliphatic rings. The van der Waals surface area contributed by atoms with Gasteiger partial charge in [0.05, 0.1) is 16.1 Å². The van der Waals surface area contributed by atoms with Crippen molar-refractivity contribution < 1.29 is 13.5 Å². The maximum atomic E-state index is 13.6. The van der Waals surface area contributed by atoms with E-state index >= 15 is 0 Å². The summed E-state index contributed by atoms with van der Waals surface area (Å²) in [5.41, 5.74) is -0.0530. The van der Waals surface area contributed by atoms with Gasteiger partial charge in [-0.25, -0.2) is 12.4 Å². The third-order valence-electron chi connectivity index (χ3n) is 6.56. The van der Waals surface area contributed by atoms with Crippen LogP contribution in [0, 0.1) is 0 Å². The second-order valence-electron chi connectivity index (χ2n) is 8.16. The molecule has 2 aliphatic heterocycles. The van der Waals surface area contributed by atoms with E-state index in [4.69, 9.17) is 0 Å². The molecule has 2 atom stereocenters. The van der Waals surface area contributed by atoms with E-state index in [2.05, 4.69) is 11.9 Å². The maximum absolute atomic E-state index is 13.6. The van der Waals surface area contributed by atoms with Gasteiger partial charge in [0.1, 0.15) is 5.60 Å². The van der Waals surface area contributed by atoms with E-state index in [1.807, 2.05) is 30.3 Å². The molecule has 3 heterocycles. The zero-order chi connectivity index (χ0) is 19.5. The van der Waals surface area contributed by atoms with Crippen molar-refractivity contribution in [1.82, 2.24) is 8.87 Å². The number of hydrogen-bond acceptors (Lipinski definition) is 4. The summed E-state index contributed by atoms with van der Waals surface area (Å²) in [6, 6.07) is 18.4. The van der Waals surface area contributed by atoms with Gasteiger partial charge in [0.15, 0.2) is 0 Å². The normalized spacial score (nSPS) is 28.1. The van der Waals surface area contributed by atoms with Gasteiger partial charge in [-0.1, -0.05) is 36.4 Å². The molecule has 2 unspecified atom stereocenters. The van der Waals surface area contributed by atoms with Gasteiger partial charge < -0.3 is 10.0 Å². The van der Waals surface area contributed by atoms with Crippen molar-refractivity contribution in [2.45, 2.75) is 48.3 Å². The second-order valence-corrected chi connectivity index (χ2v) is 9.95. The molecule has 0 amide bonds. The van der Waals surface area contributed by atoms with Crippen LogP contribution in [0.3, 0.4) is 0 Å². The van der Waals surface area contributed by atoms with Crippen molar-refractivity contribution in [2.75, 3.05) is 7.05 Å². The highest BCUT2D eigenvalue weighted by atomic mass is 32.2. The van der Waals surface area contributed by atoms with Crippen molar-refractivity contribution >= 4 is 20.9 Å². The Morgan fingerprint density at radius 2 is 1.57 bits per heavy atom. The third kappa shape index (κ3) is 2.55. The number of hydrogen-bond donors (Lipinski definition) is 1. The van der Waals surface area contributed by atoms with Crippen molar-refractivity contribution in [3.05, 3.63) is 66.4 Å². The minimum atomic E-state index is -3.83. The summed E-state index contributed by atoms with van der Waals surface area (Å²) in [7, 11) is -1.72. The largest absolute Gasteiger partial charge is 0.383 e. The summed E-state index contributed by atoms with van der Waals surface area (Å²) >= 11 is 0. The number of piperidine rings is 1. The first-order valence-electron chi connectivity index (χ1n) is 9.76. The molecule has 2 bridgehead atoms. The summed E-state index contributed by atoms with van der Waals surface area (Å²) < 4.78 is 28.6. The predicted molar refractivity (Wildman–Crippen MR) is 109 cm³/mol. The molecule has 146 valence electrons. The molecular formula is C22H24N2O3S. The molecule has 2 saturated heterocycles. The molecule has 2 aromatic carbocycles. The molecule has 6 heteroatoms. The van der Waals surface area contributed by atoms with Crippen LogP contribution >= 0.6 is 0 Å². The zero-order valence-corrected chi connectivity index (χ0v) is 16.6. The molecule has 5 rings (SSSR count). The lowest BCUT2D eigenvalue weighted by Crippen LogP contribution is -2.48. The topological polar surface area (TPSA) is 62.5 Å². The molecule has 0 spiro atoms. The Morgan fingerprint density at radius 3 is 2.25 bits per heavy atom. The maximum Gasteiger partial charge on any atom is 0.268 e. The lowest BCUT2D eigenvalue weighted by atomic mass is 9.84. The minimum absolute atomic E-state index is 0.233. The molecule has 1 aromatic heterocycles. The highest BCUT2D eigenvalue weighted by Gasteiger charge is 2.49. The number of fused-ring (bicyclic) bond motifs is 3. The average Bonchev–Trinajstić information content (AvgIpc) is 3.19. The number of rotatable bonds is 3. The first kappa shape index (κ1) is 17.9. The quantitative estimate of drug-likeness (QED) is 0.738. The molecule has 0 aliphatic carbocycles. The molecule has 1 N–H and O–H groups in total. The Bertz CT molecular complexity index is 1120. The lowest BCUT2D eigenvalue weighted by Gasteiger charge is -2.42. The smallest absolute Gasteiger partial charge is 0.268 e. The van der Waals surface area contributed by atoms with Gasteiger partial charge in [0.2, 0.25) is 0 Å². The second kappa shape index (κ2) is 6.17. The minimum Gasteiger partial charge on any atom is -0.383 e. The van der Waals surface area contributed by atoms with Crippen molar-refractivity contribution in [2.24, 2.45) is 0 Å². The van der Waals surface area contributed by atoms with E-state index in [1.165, 1.54) is 3.97 Å². The third-order valence-corrected chi connectivity index (χ3v) is 8.30. The van der Waals surface area contributed by atoms with Crippen LogP contribution in [0.4, 0.5) is 0 Å². The first-order chi connectivity index (χ1) is 13.4. The molecule has 5 nitrogen and oxygen atoms in total. The summed E-state index contributed by atoms with van der Waals surface area (Å²) in [4.78, 5) is 2.57. The Labute approximate surface area is 165 Å². The van der Waals surface area contributed by atoms with Crippen LogP contribution in [0.15, 0.2) is 65.6 Å². The monoisotopic (exact) mass is 396 g/mol. The van der Waals surface area contributed by atoms with Gasteiger partial charge in [-0.2, -0.15) is 0 Å². The Morgan fingerprint density at radius 1 is 0.964 bits per heavy atom. The zero-order valence-electron chi connectivity index (χ0n) is 15.8. The number of benzene rings is 2. The van der Waals surface area contributed by atoms with E-state index in [9.17, 15) is 13.5 Å². The first-order valence-corrected chi connectivity index (χ1v) is 11.2. The Hall–Kier alpha value is -2.15. The fourth-order valence-corrected chi connectivity index (χ4v) is 6.68. The number of nitrogens with zero attached hydrogens (tertiary/aromatic N) is 2. The van der Waals surface area contributed by atoms with Crippen LogP contribution in [-0.4, -0.2) is 41.5 Å². The van der Waals surface area contributed by atoms with Gasteiger partial charge >= 0.3 is 0 Å². The summed E-state index contributed by atoms with van der Waals surface area (Å²) in [5.74, 6) is 0. The molecule has 3 aromatic rings. The standard InChI is InChI=1S/C22H24N2O3S/c1-23-17-11-12-18(23)15-22(25,14-17)21-13-16-7-5-6-10-20(16)24(21)28(26,27)19-8-3-2-4-9-19/h2-10,13,17-18,25H,11-12,14-15H2,1H3. The van der Waals surface area contributed by atoms with Crippen LogP contribution in [0.5, 0.6) is 0 Å². The van der Waals surface area contributed by atoms with Crippen molar-refractivity contribution in [3.63, 3.8) is 0 Å². The molecule has 2 fully saturated rings. The Kier molecular flexibility index (Phi) is 3.95. The molecule has 28 heavy (non-hydrogen) atoms. The molecule has 0 saturated carbocycles. The van der Waals surface area contributed by atoms with Gasteiger partial charge in [0, 0.05) is 17.5 Å². The van der Waals surface area contributed by atoms with Crippen LogP contribution < -0.4 is 0 Å². The van der Waals surface area contributed by atoms with E-state index < -0.39 is 15.6 Å². The van der Waals surface area contributed by atoms with Crippen LogP contribution in [0.25, 0.3) is 10.9 Å². The van der Waals surface area contributed by atoms with Gasteiger partial charge in [-0.05, 0) is 57.0 Å². The van der Waals surface area contributed by atoms with E-state index in [0.717, 1.165) is 18.2 Å². The van der Waals surface area contributed by atoms with Crippen LogP contribution in [0.2, 0.25) is 0 Å². The van der Waals surface area contributed by atoms with Crippen LogP contribution in [-0.2, 0) is 15.6 Å². The fraction of sp³-hybridized carbons (Fsp3) is 0.364. The number of para-hydroxylation sites is 1. The van der Waals surface area contributed by atoms with Crippen molar-refractivity contribution in [1.29, 1.82) is 0 Å².